The molecule has 2 heterocycles. The quantitative estimate of drug-likeness (QED) is 0.813. The van der Waals surface area contributed by atoms with E-state index in [2.05, 4.69) is 45.3 Å². The van der Waals surface area contributed by atoms with Crippen molar-refractivity contribution < 1.29 is 9.59 Å². The maximum Gasteiger partial charge on any atom is 0.155 e. The van der Waals surface area contributed by atoms with E-state index in [9.17, 15) is 9.59 Å². The number of hydrogen-bond acceptors (Lipinski definition) is 4. The van der Waals surface area contributed by atoms with Gasteiger partial charge >= 0.3 is 0 Å². The summed E-state index contributed by atoms with van der Waals surface area (Å²) in [4.78, 5) is 26.1. The van der Waals surface area contributed by atoms with Gasteiger partial charge in [0.2, 0.25) is 0 Å². The number of carbonyl (C=O) groups excluding carboxylic acids is 2. The van der Waals surface area contributed by atoms with Gasteiger partial charge in [0.1, 0.15) is 0 Å². The number of carbonyl (C=O) groups is 2. The van der Waals surface area contributed by atoms with Gasteiger partial charge in [-0.1, -0.05) is 6.92 Å². The minimum absolute atomic E-state index is 0.0614. The van der Waals surface area contributed by atoms with Crippen LogP contribution in [0, 0.1) is 17.8 Å². The summed E-state index contributed by atoms with van der Waals surface area (Å²) >= 11 is 0. The Balaban J connectivity index is 2.34. The van der Waals surface area contributed by atoms with Gasteiger partial charge in [0.25, 0.3) is 0 Å². The normalized spacial score (nSPS) is 35.5. The van der Waals surface area contributed by atoms with Crippen LogP contribution in [-0.4, -0.2) is 33.7 Å². The lowest BCUT2D eigenvalue weighted by molar-refractivity contribution is -0.142. The predicted octanol–water partition coefficient (Wildman–Crippen LogP) is 3.09. The third kappa shape index (κ3) is 3.60. The Labute approximate surface area is 147 Å². The van der Waals surface area contributed by atoms with Gasteiger partial charge in [-0.05, 0) is 74.1 Å². The van der Waals surface area contributed by atoms with Gasteiger partial charge in [-0.3, -0.25) is 9.59 Å². The summed E-state index contributed by atoms with van der Waals surface area (Å²) < 4.78 is 0. The molecule has 2 fully saturated rings. The van der Waals surface area contributed by atoms with Crippen molar-refractivity contribution in [3.8, 4) is 0 Å². The van der Waals surface area contributed by atoms with Crippen molar-refractivity contribution >= 4 is 11.6 Å². The maximum absolute atomic E-state index is 13.1. The molecule has 24 heavy (non-hydrogen) atoms. The van der Waals surface area contributed by atoms with Crippen molar-refractivity contribution in [1.29, 1.82) is 0 Å². The lowest BCUT2D eigenvalue weighted by Gasteiger charge is -2.51. The summed E-state index contributed by atoms with van der Waals surface area (Å²) in [6.45, 7) is 18.6. The molecular formula is C20H36N2O2. The van der Waals surface area contributed by atoms with Gasteiger partial charge in [0.15, 0.2) is 11.6 Å². The molecule has 0 saturated carbocycles. The highest BCUT2D eigenvalue weighted by Crippen LogP contribution is 2.42. The van der Waals surface area contributed by atoms with Crippen LogP contribution in [0.3, 0.4) is 0 Å². The van der Waals surface area contributed by atoms with E-state index < -0.39 is 11.1 Å². The second kappa shape index (κ2) is 5.63. The lowest BCUT2D eigenvalue weighted by Crippen LogP contribution is -2.67. The monoisotopic (exact) mass is 336 g/mol. The SMILES string of the molecule is CC(C1CC(C)(C)NC(C)(C)C1=O)C1CC(C)(C)NC(C)(C)C1=O. The molecule has 2 saturated heterocycles. The van der Waals surface area contributed by atoms with E-state index in [4.69, 9.17) is 0 Å². The Morgan fingerprint density at radius 3 is 1.33 bits per heavy atom. The van der Waals surface area contributed by atoms with Crippen molar-refractivity contribution in [2.24, 2.45) is 17.8 Å². The fourth-order valence-electron chi connectivity index (χ4n) is 5.26. The number of Topliss-reactive ketones (excluding diaryl/α,β-unsaturated/α-hetero) is 2. The molecule has 0 aliphatic carbocycles. The van der Waals surface area contributed by atoms with E-state index >= 15 is 0 Å². The molecule has 138 valence electrons. The van der Waals surface area contributed by atoms with Crippen molar-refractivity contribution in [1.82, 2.24) is 10.6 Å². The van der Waals surface area contributed by atoms with E-state index in [0.29, 0.717) is 0 Å². The topological polar surface area (TPSA) is 58.2 Å². The summed E-state index contributed by atoms with van der Waals surface area (Å²) in [5, 5.41) is 6.93. The average molecular weight is 337 g/mol. The second-order valence-electron chi connectivity index (χ2n) is 10.5. The Kier molecular flexibility index (Phi) is 4.60. The molecule has 0 bridgehead atoms. The van der Waals surface area contributed by atoms with Crippen molar-refractivity contribution in [3.05, 3.63) is 0 Å². The molecular weight excluding hydrogens is 300 g/mol. The number of ketones is 2. The molecule has 4 heteroatoms. The van der Waals surface area contributed by atoms with Crippen LogP contribution in [-0.2, 0) is 9.59 Å². The maximum atomic E-state index is 13.1. The third-order valence-electron chi connectivity index (χ3n) is 5.94. The summed E-state index contributed by atoms with van der Waals surface area (Å²) in [5.74, 6) is 0.406. The van der Waals surface area contributed by atoms with Gasteiger partial charge in [0.05, 0.1) is 11.1 Å². The summed E-state index contributed by atoms with van der Waals surface area (Å²) in [6.07, 6.45) is 1.57. The van der Waals surface area contributed by atoms with Crippen LogP contribution < -0.4 is 10.6 Å². The molecule has 2 aliphatic heterocycles. The van der Waals surface area contributed by atoms with Crippen molar-refractivity contribution in [2.45, 2.75) is 97.3 Å². The molecule has 0 radical (unpaired) electrons. The molecule has 0 spiro atoms. The van der Waals surface area contributed by atoms with Gasteiger partial charge < -0.3 is 10.6 Å². The highest BCUT2D eigenvalue weighted by atomic mass is 16.1. The summed E-state index contributed by atoms with van der Waals surface area (Å²) in [6, 6.07) is 0. The van der Waals surface area contributed by atoms with Gasteiger partial charge in [0, 0.05) is 22.9 Å². The minimum atomic E-state index is -0.540. The fraction of sp³-hybridized carbons (Fsp3) is 0.900. The zero-order chi connectivity index (χ0) is 18.7. The zero-order valence-corrected chi connectivity index (χ0v) is 17.0. The number of nitrogens with one attached hydrogen (secondary N) is 2. The van der Waals surface area contributed by atoms with Gasteiger partial charge in [-0.25, -0.2) is 0 Å². The first-order chi connectivity index (χ1) is 10.6. The van der Waals surface area contributed by atoms with E-state index in [1.165, 1.54) is 0 Å². The average Bonchev–Trinajstić information content (AvgIpc) is 2.35. The Morgan fingerprint density at radius 1 is 0.750 bits per heavy atom. The largest absolute Gasteiger partial charge is 0.300 e. The third-order valence-corrected chi connectivity index (χ3v) is 5.94. The highest BCUT2D eigenvalue weighted by Gasteiger charge is 2.52. The molecule has 2 aliphatic rings. The first-order valence-electron chi connectivity index (χ1n) is 9.25. The Bertz CT molecular complexity index is 498. The molecule has 2 rings (SSSR count). The van der Waals surface area contributed by atoms with Crippen LogP contribution in [0.25, 0.3) is 0 Å². The first-order valence-corrected chi connectivity index (χ1v) is 9.25. The predicted molar refractivity (Wildman–Crippen MR) is 98.0 cm³/mol. The fourth-order valence-corrected chi connectivity index (χ4v) is 5.26. The second-order valence-corrected chi connectivity index (χ2v) is 10.5. The van der Waals surface area contributed by atoms with Crippen LogP contribution in [0.4, 0.5) is 0 Å². The van der Waals surface area contributed by atoms with Gasteiger partial charge in [-0.2, -0.15) is 0 Å². The number of hydrogen-bond donors (Lipinski definition) is 2. The van der Waals surface area contributed by atoms with Crippen LogP contribution in [0.2, 0.25) is 0 Å². The van der Waals surface area contributed by atoms with Crippen LogP contribution in [0.5, 0.6) is 0 Å². The standard InChI is InChI=1S/C20H36N2O2/c1-12(13-10-17(2,3)21-19(6,7)15(13)23)14-11-18(4,5)22-20(8,9)16(14)24/h12-14,21-22H,10-11H2,1-9H3. The Hall–Kier alpha value is -0.740. The Morgan fingerprint density at radius 2 is 1.04 bits per heavy atom. The molecule has 0 aromatic carbocycles. The molecule has 0 aromatic rings. The van der Waals surface area contributed by atoms with Crippen molar-refractivity contribution in [2.75, 3.05) is 0 Å². The number of rotatable bonds is 2. The smallest absolute Gasteiger partial charge is 0.155 e. The van der Waals surface area contributed by atoms with Crippen molar-refractivity contribution in [3.63, 3.8) is 0 Å². The molecule has 4 nitrogen and oxygen atoms in total. The lowest BCUT2D eigenvalue weighted by atomic mass is 9.62. The minimum Gasteiger partial charge on any atom is -0.300 e. The van der Waals surface area contributed by atoms with Gasteiger partial charge in [-0.15, -0.1) is 0 Å². The molecule has 2 N–H and O–H groups in total. The van der Waals surface area contributed by atoms with E-state index in [-0.39, 0.29) is 40.4 Å². The van der Waals surface area contributed by atoms with Crippen LogP contribution in [0.1, 0.15) is 75.2 Å². The first kappa shape index (κ1) is 19.6. The molecule has 2 atom stereocenters. The van der Waals surface area contributed by atoms with E-state index in [0.717, 1.165) is 12.8 Å². The van der Waals surface area contributed by atoms with Crippen LogP contribution in [0.15, 0.2) is 0 Å². The zero-order valence-electron chi connectivity index (χ0n) is 17.0. The summed E-state index contributed by atoms with van der Waals surface area (Å²) in [7, 11) is 0. The number of piperidine rings is 2. The van der Waals surface area contributed by atoms with Crippen LogP contribution >= 0.6 is 0 Å². The van der Waals surface area contributed by atoms with E-state index in [1.54, 1.807) is 0 Å². The molecule has 0 amide bonds. The summed E-state index contributed by atoms with van der Waals surface area (Å²) in [5.41, 5.74) is -1.28. The molecule has 0 aromatic heterocycles. The highest BCUT2D eigenvalue weighted by molar-refractivity contribution is 5.94. The van der Waals surface area contributed by atoms with E-state index in [1.807, 2.05) is 27.7 Å². The molecule has 2 unspecified atom stereocenters.